The molecule has 0 fully saturated rings. The lowest BCUT2D eigenvalue weighted by Gasteiger charge is -2.10. The van der Waals surface area contributed by atoms with E-state index in [0.717, 1.165) is 6.26 Å². The molecule has 0 saturated carbocycles. The Kier molecular flexibility index (Phi) is 3.44. The standard InChI is InChI=1S/C13H12FNO3S/c1-19(16,17)9-6-7-13(11(15)8-9)18-12-5-3-2-4-10(12)14/h2-8H,15H2,1H3. The van der Waals surface area contributed by atoms with Gasteiger partial charge in [0.25, 0.3) is 0 Å². The lowest BCUT2D eigenvalue weighted by molar-refractivity contribution is 0.444. The summed E-state index contributed by atoms with van der Waals surface area (Å²) in [6, 6.07) is 9.93. The molecule has 0 bridgehead atoms. The number of benzene rings is 2. The van der Waals surface area contributed by atoms with E-state index < -0.39 is 15.7 Å². The van der Waals surface area contributed by atoms with Crippen LogP contribution in [0.5, 0.6) is 11.5 Å². The third-order valence-corrected chi connectivity index (χ3v) is 3.58. The maximum absolute atomic E-state index is 13.4. The Morgan fingerprint density at radius 2 is 1.79 bits per heavy atom. The number of nitrogen functional groups attached to an aromatic ring is 1. The molecule has 0 saturated heterocycles. The predicted molar refractivity (Wildman–Crippen MR) is 70.4 cm³/mol. The summed E-state index contributed by atoms with van der Waals surface area (Å²) in [4.78, 5) is 0.0888. The number of hydrogen-bond donors (Lipinski definition) is 1. The molecule has 0 amide bonds. The second-order valence-electron chi connectivity index (χ2n) is 4.00. The number of ether oxygens (including phenoxy) is 1. The van der Waals surface area contributed by atoms with Gasteiger partial charge in [-0.25, -0.2) is 12.8 Å². The zero-order chi connectivity index (χ0) is 14.0. The SMILES string of the molecule is CS(=O)(=O)c1ccc(Oc2ccccc2F)c(N)c1. The highest BCUT2D eigenvalue weighted by atomic mass is 32.2. The van der Waals surface area contributed by atoms with Crippen molar-refractivity contribution in [3.63, 3.8) is 0 Å². The molecule has 0 radical (unpaired) electrons. The molecule has 0 heterocycles. The van der Waals surface area contributed by atoms with Gasteiger partial charge in [-0.05, 0) is 30.3 Å². The molecule has 0 spiro atoms. The Labute approximate surface area is 110 Å². The van der Waals surface area contributed by atoms with Gasteiger partial charge in [0.1, 0.15) is 0 Å². The molecule has 100 valence electrons. The van der Waals surface area contributed by atoms with Crippen LogP contribution >= 0.6 is 0 Å². The average molecular weight is 281 g/mol. The van der Waals surface area contributed by atoms with Crippen molar-refractivity contribution in [1.82, 2.24) is 0 Å². The molecule has 0 atom stereocenters. The van der Waals surface area contributed by atoms with Gasteiger partial charge in [0.15, 0.2) is 27.2 Å². The molecule has 19 heavy (non-hydrogen) atoms. The van der Waals surface area contributed by atoms with E-state index in [4.69, 9.17) is 10.5 Å². The molecule has 2 aromatic rings. The molecule has 6 heteroatoms. The topological polar surface area (TPSA) is 69.4 Å². The quantitative estimate of drug-likeness (QED) is 0.878. The van der Waals surface area contributed by atoms with Crippen molar-refractivity contribution in [1.29, 1.82) is 0 Å². The molecule has 2 rings (SSSR count). The summed E-state index contributed by atoms with van der Waals surface area (Å²) in [5.74, 6) is -0.284. The Morgan fingerprint density at radius 3 is 2.37 bits per heavy atom. The van der Waals surface area contributed by atoms with Crippen LogP contribution in [0, 0.1) is 5.82 Å². The molecular formula is C13H12FNO3S. The normalized spacial score (nSPS) is 11.3. The summed E-state index contributed by atoms with van der Waals surface area (Å²) in [6.45, 7) is 0. The lowest BCUT2D eigenvalue weighted by Crippen LogP contribution is -2.00. The molecule has 0 aliphatic rings. The average Bonchev–Trinajstić information content (AvgIpc) is 2.33. The third kappa shape index (κ3) is 3.03. The van der Waals surface area contributed by atoms with Crippen molar-refractivity contribution < 1.29 is 17.5 Å². The lowest BCUT2D eigenvalue weighted by atomic mass is 10.3. The maximum atomic E-state index is 13.4. The number of rotatable bonds is 3. The molecule has 0 aliphatic carbocycles. The molecule has 0 unspecified atom stereocenters. The summed E-state index contributed by atoms with van der Waals surface area (Å²) in [7, 11) is -3.33. The van der Waals surface area contributed by atoms with Crippen LogP contribution in [0.3, 0.4) is 0 Å². The van der Waals surface area contributed by atoms with Crippen molar-refractivity contribution in [3.8, 4) is 11.5 Å². The largest absolute Gasteiger partial charge is 0.452 e. The minimum absolute atomic E-state index is 0.0290. The van der Waals surface area contributed by atoms with E-state index in [9.17, 15) is 12.8 Å². The molecule has 0 aromatic heterocycles. The van der Waals surface area contributed by atoms with Gasteiger partial charge >= 0.3 is 0 Å². The second-order valence-corrected chi connectivity index (χ2v) is 6.02. The highest BCUT2D eigenvalue weighted by Gasteiger charge is 2.11. The Balaban J connectivity index is 2.36. The van der Waals surface area contributed by atoms with Gasteiger partial charge in [0, 0.05) is 6.26 Å². The number of para-hydroxylation sites is 1. The van der Waals surface area contributed by atoms with Crippen molar-refractivity contribution in [2.45, 2.75) is 4.90 Å². The first-order valence-electron chi connectivity index (χ1n) is 5.40. The van der Waals surface area contributed by atoms with E-state index >= 15 is 0 Å². The summed E-state index contributed by atoms with van der Waals surface area (Å²) in [5, 5.41) is 0. The minimum Gasteiger partial charge on any atom is -0.452 e. The fourth-order valence-electron chi connectivity index (χ4n) is 1.50. The van der Waals surface area contributed by atoms with Gasteiger partial charge in [0.2, 0.25) is 0 Å². The summed E-state index contributed by atoms with van der Waals surface area (Å²) in [6.07, 6.45) is 1.08. The number of hydrogen-bond acceptors (Lipinski definition) is 4. The zero-order valence-corrected chi connectivity index (χ0v) is 10.9. The van der Waals surface area contributed by atoms with Crippen LogP contribution < -0.4 is 10.5 Å². The van der Waals surface area contributed by atoms with Crippen LogP contribution in [0.15, 0.2) is 47.4 Å². The Morgan fingerprint density at radius 1 is 1.11 bits per heavy atom. The molecular weight excluding hydrogens is 269 g/mol. The summed E-state index contributed by atoms with van der Waals surface area (Å²) >= 11 is 0. The fourth-order valence-corrected chi connectivity index (χ4v) is 2.15. The zero-order valence-electron chi connectivity index (χ0n) is 10.1. The summed E-state index contributed by atoms with van der Waals surface area (Å²) < 4.78 is 41.4. The first kappa shape index (κ1) is 13.4. The second kappa shape index (κ2) is 4.89. The smallest absolute Gasteiger partial charge is 0.175 e. The highest BCUT2D eigenvalue weighted by Crippen LogP contribution is 2.30. The number of sulfone groups is 1. The maximum Gasteiger partial charge on any atom is 0.175 e. The van der Waals surface area contributed by atoms with Crippen LogP contribution in [0.25, 0.3) is 0 Å². The van der Waals surface area contributed by atoms with Gasteiger partial charge in [-0.3, -0.25) is 0 Å². The number of nitrogens with two attached hydrogens (primary N) is 1. The molecule has 2 N–H and O–H groups in total. The van der Waals surface area contributed by atoms with E-state index in [1.807, 2.05) is 0 Å². The highest BCUT2D eigenvalue weighted by molar-refractivity contribution is 7.90. The van der Waals surface area contributed by atoms with Crippen molar-refractivity contribution >= 4 is 15.5 Å². The van der Waals surface area contributed by atoms with E-state index in [-0.39, 0.29) is 22.1 Å². The van der Waals surface area contributed by atoms with Crippen LogP contribution in [-0.4, -0.2) is 14.7 Å². The Hall–Kier alpha value is -2.08. The van der Waals surface area contributed by atoms with E-state index in [1.165, 1.54) is 36.4 Å². The van der Waals surface area contributed by atoms with E-state index in [0.29, 0.717) is 0 Å². The predicted octanol–water partition coefficient (Wildman–Crippen LogP) is 2.60. The Bertz CT molecular complexity index is 714. The van der Waals surface area contributed by atoms with Crippen LogP contribution in [0.1, 0.15) is 0 Å². The van der Waals surface area contributed by atoms with Gasteiger partial charge in [0.05, 0.1) is 10.6 Å². The van der Waals surface area contributed by atoms with E-state index in [2.05, 4.69) is 0 Å². The number of anilines is 1. The fraction of sp³-hybridized carbons (Fsp3) is 0.0769. The third-order valence-electron chi connectivity index (χ3n) is 2.47. The van der Waals surface area contributed by atoms with Crippen molar-refractivity contribution in [3.05, 3.63) is 48.3 Å². The first-order chi connectivity index (χ1) is 8.88. The van der Waals surface area contributed by atoms with Gasteiger partial charge < -0.3 is 10.5 Å². The monoisotopic (exact) mass is 281 g/mol. The molecule has 0 aliphatic heterocycles. The molecule has 2 aromatic carbocycles. The first-order valence-corrected chi connectivity index (χ1v) is 7.29. The van der Waals surface area contributed by atoms with Gasteiger partial charge in [-0.1, -0.05) is 12.1 Å². The van der Waals surface area contributed by atoms with Gasteiger partial charge in [-0.2, -0.15) is 0 Å². The van der Waals surface area contributed by atoms with Crippen LogP contribution in [0.4, 0.5) is 10.1 Å². The number of halogens is 1. The van der Waals surface area contributed by atoms with Crippen molar-refractivity contribution in [2.75, 3.05) is 12.0 Å². The van der Waals surface area contributed by atoms with Crippen LogP contribution in [0.2, 0.25) is 0 Å². The molecule has 4 nitrogen and oxygen atoms in total. The van der Waals surface area contributed by atoms with Gasteiger partial charge in [-0.15, -0.1) is 0 Å². The van der Waals surface area contributed by atoms with Crippen molar-refractivity contribution in [2.24, 2.45) is 0 Å². The van der Waals surface area contributed by atoms with E-state index in [1.54, 1.807) is 6.07 Å². The minimum atomic E-state index is -3.33. The van der Waals surface area contributed by atoms with Crippen LogP contribution in [-0.2, 0) is 9.84 Å². The summed E-state index contributed by atoms with van der Waals surface area (Å²) in [5.41, 5.74) is 5.83.